The summed E-state index contributed by atoms with van der Waals surface area (Å²) in [4.78, 5) is 33.7. The number of nitrogens with one attached hydrogen (secondary N) is 1. The lowest BCUT2D eigenvalue weighted by atomic mass is 9.91. The molecule has 1 aromatic heterocycles. The molecule has 4 heterocycles. The average molecular weight is 424 g/mol. The molecule has 0 radical (unpaired) electrons. The minimum absolute atomic E-state index is 0.102. The zero-order valence-corrected chi connectivity index (χ0v) is 18.2. The van der Waals surface area contributed by atoms with Crippen LogP contribution in [0, 0.1) is 0 Å². The molecule has 2 atom stereocenters. The third-order valence-electron chi connectivity index (χ3n) is 5.67. The van der Waals surface area contributed by atoms with Crippen molar-refractivity contribution >= 4 is 29.2 Å². The van der Waals surface area contributed by atoms with Crippen LogP contribution in [0.4, 0.5) is 22.0 Å². The number of piperazine rings is 1. The number of piperidine rings is 2. The molecule has 5 rings (SSSR count). The van der Waals surface area contributed by atoms with Crippen molar-refractivity contribution in [3.8, 4) is 0 Å². The minimum Gasteiger partial charge on any atom is -0.444 e. The first kappa shape index (κ1) is 21.0. The highest BCUT2D eigenvalue weighted by Gasteiger charge is 2.42. The van der Waals surface area contributed by atoms with E-state index in [1.54, 1.807) is 24.4 Å². The molecule has 0 unspecified atom stereocenters. The van der Waals surface area contributed by atoms with Gasteiger partial charge < -0.3 is 25.6 Å². The first-order valence-corrected chi connectivity index (χ1v) is 10.6. The number of anilines is 3. The van der Waals surface area contributed by atoms with Crippen LogP contribution in [-0.4, -0.2) is 52.7 Å². The first-order chi connectivity index (χ1) is 14.7. The Kier molecular flexibility index (Phi) is 5.47. The minimum atomic E-state index is -0.504. The van der Waals surface area contributed by atoms with E-state index in [4.69, 9.17) is 10.5 Å². The van der Waals surface area contributed by atoms with Crippen molar-refractivity contribution in [2.45, 2.75) is 51.3 Å². The number of carbonyl (C=O) groups is 2. The summed E-state index contributed by atoms with van der Waals surface area (Å²) in [5.41, 5.74) is 6.94. The van der Waals surface area contributed by atoms with E-state index in [0.29, 0.717) is 30.0 Å². The van der Waals surface area contributed by atoms with Gasteiger partial charge in [0.2, 0.25) is 0 Å². The highest BCUT2D eigenvalue weighted by molar-refractivity contribution is 6.05. The molecule has 3 aliphatic heterocycles. The highest BCUT2D eigenvalue weighted by atomic mass is 16.6. The molecule has 2 aromatic rings. The van der Waals surface area contributed by atoms with Crippen molar-refractivity contribution in [3.05, 3.63) is 48.2 Å². The van der Waals surface area contributed by atoms with Gasteiger partial charge in [-0.1, -0.05) is 12.1 Å². The van der Waals surface area contributed by atoms with Gasteiger partial charge in [0.1, 0.15) is 11.4 Å². The van der Waals surface area contributed by atoms with Crippen molar-refractivity contribution < 1.29 is 14.3 Å². The monoisotopic (exact) mass is 423 g/mol. The van der Waals surface area contributed by atoms with Gasteiger partial charge in [-0.15, -0.1) is 0 Å². The summed E-state index contributed by atoms with van der Waals surface area (Å²) < 4.78 is 5.57. The maximum atomic E-state index is 12.6. The highest BCUT2D eigenvalue weighted by Crippen LogP contribution is 2.33. The van der Waals surface area contributed by atoms with Gasteiger partial charge in [0.05, 0.1) is 23.0 Å². The molecule has 0 spiro atoms. The Bertz CT molecular complexity index is 970. The molecule has 3 fully saturated rings. The lowest BCUT2D eigenvalue weighted by Crippen LogP contribution is -2.64. The fourth-order valence-corrected chi connectivity index (χ4v) is 4.15. The molecule has 3 saturated heterocycles. The van der Waals surface area contributed by atoms with Crippen molar-refractivity contribution in [2.75, 3.05) is 29.0 Å². The summed E-state index contributed by atoms with van der Waals surface area (Å²) in [6.07, 6.45) is 3.29. The Balaban J connectivity index is 1.42. The number of amides is 2. The van der Waals surface area contributed by atoms with Crippen molar-refractivity contribution in [3.63, 3.8) is 0 Å². The zero-order valence-electron chi connectivity index (χ0n) is 18.2. The van der Waals surface area contributed by atoms with Gasteiger partial charge >= 0.3 is 6.09 Å². The molecule has 8 nitrogen and oxygen atoms in total. The number of hydrogen-bond acceptors (Lipinski definition) is 6. The molecule has 31 heavy (non-hydrogen) atoms. The number of ether oxygens (including phenoxy) is 1. The van der Waals surface area contributed by atoms with Crippen LogP contribution in [0.5, 0.6) is 0 Å². The molecule has 2 bridgehead atoms. The number of nitrogen functional groups attached to an aromatic ring is 1. The number of nitrogens with zero attached hydrogens (tertiary/aromatic N) is 3. The summed E-state index contributed by atoms with van der Waals surface area (Å²) in [5, 5.41) is 2.81. The first-order valence-electron chi connectivity index (χ1n) is 10.6. The molecule has 3 N–H and O–H groups in total. The molecular formula is C23H29N5O3. The Hall–Kier alpha value is -3.29. The van der Waals surface area contributed by atoms with E-state index < -0.39 is 5.60 Å². The number of rotatable bonds is 3. The van der Waals surface area contributed by atoms with Crippen LogP contribution in [0.3, 0.4) is 0 Å². The summed E-state index contributed by atoms with van der Waals surface area (Å²) in [5.74, 6) is 0.558. The lowest BCUT2D eigenvalue weighted by molar-refractivity contribution is 0.000775. The number of aromatic nitrogens is 1. The van der Waals surface area contributed by atoms with Crippen LogP contribution in [0.2, 0.25) is 0 Å². The van der Waals surface area contributed by atoms with Gasteiger partial charge in [0.15, 0.2) is 0 Å². The van der Waals surface area contributed by atoms with E-state index in [1.807, 2.05) is 43.9 Å². The van der Waals surface area contributed by atoms with E-state index >= 15 is 0 Å². The molecule has 2 amide bonds. The molecular weight excluding hydrogens is 394 g/mol. The van der Waals surface area contributed by atoms with E-state index in [9.17, 15) is 9.59 Å². The second-order valence-corrected chi connectivity index (χ2v) is 9.12. The van der Waals surface area contributed by atoms with Crippen molar-refractivity contribution in [1.82, 2.24) is 9.88 Å². The Labute approximate surface area is 182 Å². The van der Waals surface area contributed by atoms with Crippen LogP contribution < -0.4 is 16.0 Å². The summed E-state index contributed by atoms with van der Waals surface area (Å²) in [6, 6.07) is 11.1. The lowest BCUT2D eigenvalue weighted by Gasteiger charge is -2.51. The van der Waals surface area contributed by atoms with E-state index in [2.05, 4.69) is 15.2 Å². The fraction of sp³-hybridized carbons (Fsp3) is 0.435. The second-order valence-electron chi connectivity index (χ2n) is 9.12. The third kappa shape index (κ3) is 4.57. The smallest absolute Gasteiger partial charge is 0.410 e. The van der Waals surface area contributed by atoms with Gasteiger partial charge in [-0.2, -0.15) is 0 Å². The maximum absolute atomic E-state index is 12.6. The van der Waals surface area contributed by atoms with E-state index in [0.717, 1.165) is 18.7 Å². The molecule has 1 aromatic carbocycles. The van der Waals surface area contributed by atoms with Crippen LogP contribution in [-0.2, 0) is 4.74 Å². The number of pyridine rings is 1. The van der Waals surface area contributed by atoms with E-state index in [1.165, 1.54) is 0 Å². The van der Waals surface area contributed by atoms with Crippen LogP contribution in [0.1, 0.15) is 44.0 Å². The Morgan fingerprint density at radius 2 is 1.84 bits per heavy atom. The molecule has 8 heteroatoms. The maximum Gasteiger partial charge on any atom is 0.410 e. The Morgan fingerprint density at radius 3 is 2.45 bits per heavy atom. The van der Waals surface area contributed by atoms with Crippen LogP contribution in [0.15, 0.2) is 42.6 Å². The number of hydrogen-bond donors (Lipinski definition) is 2. The molecule has 0 saturated carbocycles. The van der Waals surface area contributed by atoms with Crippen LogP contribution in [0.25, 0.3) is 0 Å². The van der Waals surface area contributed by atoms with Gasteiger partial charge in [-0.25, -0.2) is 9.78 Å². The number of fused-ring (bicyclic) bond motifs is 3. The molecule has 0 aliphatic carbocycles. The number of benzene rings is 1. The molecule has 164 valence electrons. The van der Waals surface area contributed by atoms with Gasteiger partial charge in [0, 0.05) is 25.3 Å². The van der Waals surface area contributed by atoms with Crippen molar-refractivity contribution in [2.24, 2.45) is 0 Å². The topological polar surface area (TPSA) is 101 Å². The van der Waals surface area contributed by atoms with Crippen LogP contribution >= 0.6 is 0 Å². The van der Waals surface area contributed by atoms with Gasteiger partial charge in [0.25, 0.3) is 5.91 Å². The predicted molar refractivity (Wildman–Crippen MR) is 120 cm³/mol. The largest absolute Gasteiger partial charge is 0.444 e. The summed E-state index contributed by atoms with van der Waals surface area (Å²) >= 11 is 0. The number of para-hydroxylation sites is 2. The van der Waals surface area contributed by atoms with E-state index in [-0.39, 0.29) is 24.1 Å². The quantitative estimate of drug-likeness (QED) is 0.733. The van der Waals surface area contributed by atoms with Crippen molar-refractivity contribution in [1.29, 1.82) is 0 Å². The molecule has 3 aliphatic rings. The second kappa shape index (κ2) is 8.09. The van der Waals surface area contributed by atoms with Gasteiger partial charge in [-0.05, 0) is 57.9 Å². The SMILES string of the molecule is CC(C)(C)OC(=O)N1C[C@@H]2CC[C@H]1CN2c1ccc(C(=O)Nc2ccccc2N)cn1. The average Bonchev–Trinajstić information content (AvgIpc) is 2.74. The zero-order chi connectivity index (χ0) is 22.2. The summed E-state index contributed by atoms with van der Waals surface area (Å²) in [6.45, 7) is 6.98. The summed E-state index contributed by atoms with van der Waals surface area (Å²) in [7, 11) is 0. The predicted octanol–water partition coefficient (Wildman–Crippen LogP) is 3.50. The third-order valence-corrected chi connectivity index (χ3v) is 5.67. The standard InChI is InChI=1S/C23H29N5O3/c1-23(2,3)31-22(30)28-14-16-9-10-17(28)13-27(16)20-11-8-15(12-25-20)21(29)26-19-7-5-4-6-18(19)24/h4-8,11-12,16-17H,9-10,13-14,24H2,1-3H3,(H,26,29)/t16-,17-/m0/s1. The Morgan fingerprint density at radius 1 is 1.10 bits per heavy atom. The normalized spacial score (nSPS) is 20.5. The van der Waals surface area contributed by atoms with Gasteiger partial charge in [-0.3, -0.25) is 4.79 Å². The fourth-order valence-electron chi connectivity index (χ4n) is 4.15. The number of carbonyl (C=O) groups excluding carboxylic acids is 2. The number of nitrogens with two attached hydrogens (primary N) is 1.